The molecule has 1 aliphatic rings. The average Bonchev–Trinajstić information content (AvgIpc) is 2.97. The predicted molar refractivity (Wildman–Crippen MR) is 102 cm³/mol. The molecule has 0 spiro atoms. The number of alkyl halides is 2. The molecule has 0 saturated heterocycles. The number of carbonyl (C=O) groups is 2. The number of hydrogen-bond acceptors (Lipinski definition) is 5. The minimum Gasteiger partial charge on any atom is -0.471 e. The van der Waals surface area contributed by atoms with E-state index in [2.05, 4.69) is 15.3 Å². The molecule has 1 atom stereocenters. The van der Waals surface area contributed by atoms with E-state index in [0.29, 0.717) is 22.5 Å². The van der Waals surface area contributed by atoms with Crippen molar-refractivity contribution in [2.75, 3.05) is 11.9 Å². The van der Waals surface area contributed by atoms with Crippen LogP contribution in [0.3, 0.4) is 0 Å². The van der Waals surface area contributed by atoms with Crippen LogP contribution in [0.5, 0.6) is 5.88 Å². The summed E-state index contributed by atoms with van der Waals surface area (Å²) in [4.78, 5) is 34.2. The lowest BCUT2D eigenvalue weighted by atomic mass is 10.1. The maximum atomic E-state index is 13.0. The van der Waals surface area contributed by atoms with Gasteiger partial charge in [-0.25, -0.2) is 18.7 Å². The van der Waals surface area contributed by atoms with Gasteiger partial charge in [0.1, 0.15) is 5.82 Å². The van der Waals surface area contributed by atoms with E-state index in [-0.39, 0.29) is 30.3 Å². The molecular weight excluding hydrogens is 382 g/mol. The number of pyridine rings is 2. The Balaban J connectivity index is 1.80. The zero-order valence-electron chi connectivity index (χ0n) is 16.6. The second-order valence-corrected chi connectivity index (χ2v) is 7.23. The summed E-state index contributed by atoms with van der Waals surface area (Å²) in [7, 11) is 0. The SMILES string of the molecule is CC(=O)Nc1nccc2c1CN(C(C)c1cnc(OCC(C)(F)F)c(C)c1)C2=O. The lowest BCUT2D eigenvalue weighted by Crippen LogP contribution is -2.27. The number of hydrogen-bond donors (Lipinski definition) is 1. The van der Waals surface area contributed by atoms with Crippen LogP contribution in [0, 0.1) is 6.92 Å². The third kappa shape index (κ3) is 4.49. The highest BCUT2D eigenvalue weighted by atomic mass is 19.3. The summed E-state index contributed by atoms with van der Waals surface area (Å²) in [6, 6.07) is 3.07. The van der Waals surface area contributed by atoms with Crippen LogP contribution in [0.2, 0.25) is 0 Å². The Kier molecular flexibility index (Phi) is 5.50. The van der Waals surface area contributed by atoms with Crippen LogP contribution in [0.1, 0.15) is 53.9 Å². The van der Waals surface area contributed by atoms with Gasteiger partial charge in [0.2, 0.25) is 11.8 Å². The summed E-state index contributed by atoms with van der Waals surface area (Å²) in [5, 5.41) is 2.65. The second-order valence-electron chi connectivity index (χ2n) is 7.23. The first-order valence-corrected chi connectivity index (χ1v) is 9.10. The molecule has 3 heterocycles. The lowest BCUT2D eigenvalue weighted by molar-refractivity contribution is -0.114. The summed E-state index contributed by atoms with van der Waals surface area (Å²) in [5.74, 6) is -2.89. The number of halogens is 2. The first-order chi connectivity index (χ1) is 13.6. The van der Waals surface area contributed by atoms with Gasteiger partial charge in [-0.15, -0.1) is 0 Å². The Hall–Kier alpha value is -3.10. The molecule has 2 aromatic rings. The van der Waals surface area contributed by atoms with E-state index in [4.69, 9.17) is 4.74 Å². The lowest BCUT2D eigenvalue weighted by Gasteiger charge is -2.25. The molecule has 7 nitrogen and oxygen atoms in total. The summed E-state index contributed by atoms with van der Waals surface area (Å²) < 4.78 is 31.1. The van der Waals surface area contributed by atoms with E-state index < -0.39 is 12.5 Å². The van der Waals surface area contributed by atoms with Crippen LogP contribution in [0.15, 0.2) is 24.5 Å². The van der Waals surface area contributed by atoms with Crippen molar-refractivity contribution in [1.29, 1.82) is 0 Å². The van der Waals surface area contributed by atoms with Crippen molar-refractivity contribution in [3.63, 3.8) is 0 Å². The van der Waals surface area contributed by atoms with Gasteiger partial charge in [0.15, 0.2) is 6.61 Å². The molecule has 1 unspecified atom stereocenters. The monoisotopic (exact) mass is 404 g/mol. The van der Waals surface area contributed by atoms with Crippen molar-refractivity contribution in [3.8, 4) is 5.88 Å². The number of anilines is 1. The van der Waals surface area contributed by atoms with Crippen LogP contribution in [-0.2, 0) is 11.3 Å². The fourth-order valence-electron chi connectivity index (χ4n) is 3.18. The Morgan fingerprint density at radius 1 is 1.41 bits per heavy atom. The van der Waals surface area contributed by atoms with Crippen LogP contribution in [0.4, 0.5) is 14.6 Å². The second kappa shape index (κ2) is 7.73. The standard InChI is InChI=1S/C20H22F2N4O3/c1-11-7-14(8-24-18(11)29-10-20(4,21)22)12(2)26-9-16-15(19(26)28)5-6-23-17(16)25-13(3)27/h5-8,12H,9-10H2,1-4H3,(H,23,25,27). The summed E-state index contributed by atoms with van der Waals surface area (Å²) >= 11 is 0. The van der Waals surface area contributed by atoms with Gasteiger partial charge in [0.05, 0.1) is 12.6 Å². The topological polar surface area (TPSA) is 84.4 Å². The smallest absolute Gasteiger partial charge is 0.278 e. The molecule has 1 aliphatic heterocycles. The van der Waals surface area contributed by atoms with Gasteiger partial charge in [-0.3, -0.25) is 9.59 Å². The summed E-state index contributed by atoms with van der Waals surface area (Å²) in [6.07, 6.45) is 3.00. The fourth-order valence-corrected chi connectivity index (χ4v) is 3.18. The van der Waals surface area contributed by atoms with Gasteiger partial charge in [0, 0.05) is 42.9 Å². The molecular formula is C20H22F2N4O3. The minimum atomic E-state index is -2.95. The summed E-state index contributed by atoms with van der Waals surface area (Å²) in [6.45, 7) is 5.26. The molecule has 0 saturated carbocycles. The van der Waals surface area contributed by atoms with E-state index in [1.165, 1.54) is 19.3 Å². The zero-order chi connectivity index (χ0) is 21.3. The molecule has 3 rings (SSSR count). The van der Waals surface area contributed by atoms with Gasteiger partial charge >= 0.3 is 0 Å². The molecule has 2 aromatic heterocycles. The summed E-state index contributed by atoms with van der Waals surface area (Å²) in [5.41, 5.74) is 2.50. The molecule has 154 valence electrons. The number of amides is 2. The quantitative estimate of drug-likeness (QED) is 0.797. The van der Waals surface area contributed by atoms with Gasteiger partial charge < -0.3 is 15.0 Å². The molecule has 29 heavy (non-hydrogen) atoms. The predicted octanol–water partition coefficient (Wildman–Crippen LogP) is 3.49. The van der Waals surface area contributed by atoms with Gasteiger partial charge in [-0.2, -0.15) is 0 Å². The van der Waals surface area contributed by atoms with Crippen LogP contribution >= 0.6 is 0 Å². The molecule has 9 heteroatoms. The number of nitrogens with zero attached hydrogens (tertiary/aromatic N) is 3. The van der Waals surface area contributed by atoms with Crippen molar-refractivity contribution < 1.29 is 23.1 Å². The van der Waals surface area contributed by atoms with E-state index in [9.17, 15) is 18.4 Å². The molecule has 0 fully saturated rings. The van der Waals surface area contributed by atoms with E-state index in [1.807, 2.05) is 6.92 Å². The Labute approximate surface area is 167 Å². The number of ether oxygens (including phenoxy) is 1. The highest BCUT2D eigenvalue weighted by molar-refractivity contribution is 6.01. The Morgan fingerprint density at radius 3 is 2.76 bits per heavy atom. The third-order valence-corrected chi connectivity index (χ3v) is 4.63. The first-order valence-electron chi connectivity index (χ1n) is 9.10. The van der Waals surface area contributed by atoms with Crippen LogP contribution in [0.25, 0.3) is 0 Å². The van der Waals surface area contributed by atoms with Crippen molar-refractivity contribution in [1.82, 2.24) is 14.9 Å². The van der Waals surface area contributed by atoms with Crippen molar-refractivity contribution in [3.05, 3.63) is 46.8 Å². The first kappa shape index (κ1) is 20.6. The van der Waals surface area contributed by atoms with Crippen LogP contribution in [-0.4, -0.2) is 39.2 Å². The zero-order valence-corrected chi connectivity index (χ0v) is 16.6. The minimum absolute atomic E-state index is 0.135. The van der Waals surface area contributed by atoms with E-state index in [1.54, 1.807) is 24.0 Å². The largest absolute Gasteiger partial charge is 0.471 e. The molecule has 0 radical (unpaired) electrons. The normalized spacial score (nSPS) is 14.6. The maximum Gasteiger partial charge on any atom is 0.278 e. The van der Waals surface area contributed by atoms with Gasteiger partial charge in [-0.1, -0.05) is 0 Å². The number of nitrogens with one attached hydrogen (secondary N) is 1. The highest BCUT2D eigenvalue weighted by Gasteiger charge is 2.34. The molecule has 0 aliphatic carbocycles. The molecule has 2 amide bonds. The van der Waals surface area contributed by atoms with Crippen molar-refractivity contribution in [2.45, 2.75) is 46.2 Å². The Bertz CT molecular complexity index is 959. The molecule has 1 N–H and O–H groups in total. The fraction of sp³-hybridized carbons (Fsp3) is 0.400. The maximum absolute atomic E-state index is 13.0. The molecule has 0 aromatic carbocycles. The number of carbonyl (C=O) groups excluding carboxylic acids is 2. The van der Waals surface area contributed by atoms with E-state index >= 15 is 0 Å². The van der Waals surface area contributed by atoms with Crippen LogP contribution < -0.4 is 10.1 Å². The van der Waals surface area contributed by atoms with E-state index in [0.717, 1.165) is 12.5 Å². The van der Waals surface area contributed by atoms with Gasteiger partial charge in [-0.05, 0) is 31.5 Å². The molecule has 0 bridgehead atoms. The van der Waals surface area contributed by atoms with Crippen molar-refractivity contribution in [2.24, 2.45) is 0 Å². The number of aryl methyl sites for hydroxylation is 1. The highest BCUT2D eigenvalue weighted by Crippen LogP contribution is 2.34. The Morgan fingerprint density at radius 2 is 2.14 bits per heavy atom. The van der Waals surface area contributed by atoms with Gasteiger partial charge in [0.25, 0.3) is 11.8 Å². The van der Waals surface area contributed by atoms with Crippen molar-refractivity contribution >= 4 is 17.6 Å². The number of aromatic nitrogens is 2. The number of fused-ring (bicyclic) bond motifs is 1. The number of rotatable bonds is 6. The average molecular weight is 404 g/mol. The third-order valence-electron chi connectivity index (χ3n) is 4.63.